The van der Waals surface area contributed by atoms with E-state index < -0.39 is 7.34 Å². The molecule has 0 heterocycles. The van der Waals surface area contributed by atoms with E-state index in [9.17, 15) is 4.89 Å². The highest BCUT2D eigenvalue weighted by molar-refractivity contribution is 7.65. The molecule has 0 saturated heterocycles. The summed E-state index contributed by atoms with van der Waals surface area (Å²) in [5.41, 5.74) is -0.322. The van der Waals surface area contributed by atoms with Gasteiger partial charge in [-0.05, 0) is 20.8 Å². The lowest BCUT2D eigenvalue weighted by atomic mass is 10.2. The van der Waals surface area contributed by atoms with Crippen molar-refractivity contribution in [1.82, 2.24) is 0 Å². The second kappa shape index (κ2) is 3.17. The van der Waals surface area contributed by atoms with E-state index in [0.717, 1.165) is 0 Å². The third-order valence-corrected chi connectivity index (χ3v) is 4.42. The Labute approximate surface area is 76.1 Å². The van der Waals surface area contributed by atoms with Crippen molar-refractivity contribution in [3.63, 3.8) is 0 Å². The van der Waals surface area contributed by atoms with Crippen LogP contribution in [0.25, 0.3) is 0 Å². The lowest BCUT2D eigenvalue weighted by molar-refractivity contribution is 0.124. The van der Waals surface area contributed by atoms with Crippen LogP contribution in [0.4, 0.5) is 0 Å². The Morgan fingerprint density at radius 2 is 1.42 bits per heavy atom. The van der Waals surface area contributed by atoms with E-state index in [0.29, 0.717) is 0 Å². The quantitative estimate of drug-likeness (QED) is 0.647. The molecule has 12 heavy (non-hydrogen) atoms. The van der Waals surface area contributed by atoms with Gasteiger partial charge >= 0.3 is 0 Å². The monoisotopic (exact) mass is 192 g/mol. The maximum Gasteiger partial charge on any atom is 0.120 e. The van der Waals surface area contributed by atoms with Gasteiger partial charge in [0.15, 0.2) is 0 Å². The first-order valence-corrected chi connectivity index (χ1v) is 5.97. The summed E-state index contributed by atoms with van der Waals surface area (Å²) in [6.45, 7) is 11.6. The molecule has 0 bridgehead atoms. The van der Waals surface area contributed by atoms with Gasteiger partial charge in [0.05, 0.1) is 5.60 Å². The summed E-state index contributed by atoms with van der Waals surface area (Å²) in [6, 6.07) is 0. The third kappa shape index (κ3) is 3.75. The van der Waals surface area contributed by atoms with E-state index in [1.165, 1.54) is 0 Å². The summed E-state index contributed by atoms with van der Waals surface area (Å²) < 4.78 is 5.55. The summed E-state index contributed by atoms with van der Waals surface area (Å²) in [5, 5.41) is -0.264. The fourth-order valence-corrected chi connectivity index (χ4v) is 1.77. The van der Waals surface area contributed by atoms with Gasteiger partial charge in [0.1, 0.15) is 7.34 Å². The zero-order valence-corrected chi connectivity index (χ0v) is 9.90. The first-order chi connectivity index (χ1) is 4.96. The molecule has 2 nitrogen and oxygen atoms in total. The van der Waals surface area contributed by atoms with Crippen LogP contribution in [0, 0.1) is 0 Å². The highest BCUT2D eigenvalue weighted by atomic mass is 31.2. The van der Waals surface area contributed by atoms with Gasteiger partial charge in [-0.25, -0.2) is 0 Å². The number of hydrogen-bond donors (Lipinski definition) is 1. The molecule has 3 heteroatoms. The smallest absolute Gasteiger partial charge is 0.120 e. The molecular weight excluding hydrogens is 171 g/mol. The summed E-state index contributed by atoms with van der Waals surface area (Å²) in [7, 11) is -2.50. The molecule has 1 unspecified atom stereocenters. The fourth-order valence-electron chi connectivity index (χ4n) is 0.590. The third-order valence-electron chi connectivity index (χ3n) is 1.47. The molecule has 74 valence electrons. The van der Waals surface area contributed by atoms with E-state index in [-0.39, 0.29) is 10.8 Å². The van der Waals surface area contributed by atoms with Crippen LogP contribution in [-0.4, -0.2) is 21.9 Å². The maximum atomic E-state index is 9.96. The molecule has 0 fully saturated rings. The van der Waals surface area contributed by atoms with Gasteiger partial charge in [-0.15, -0.1) is 0 Å². The predicted molar refractivity (Wildman–Crippen MR) is 56.9 cm³/mol. The minimum absolute atomic E-state index is 0.264. The fraction of sp³-hybridized carbons (Fsp3) is 0.889. The molecule has 0 radical (unpaired) electrons. The van der Waals surface area contributed by atoms with E-state index in [2.05, 4.69) is 6.30 Å². The van der Waals surface area contributed by atoms with Gasteiger partial charge in [-0.2, -0.15) is 0 Å². The van der Waals surface area contributed by atoms with Crippen molar-refractivity contribution in [3.05, 3.63) is 0 Å². The zero-order valence-electron chi connectivity index (χ0n) is 9.01. The Bertz CT molecular complexity index is 196. The molecule has 0 aliphatic heterocycles. The lowest BCUT2D eigenvalue weighted by Crippen LogP contribution is -2.25. The average Bonchev–Trinajstić information content (AvgIpc) is 1.52. The van der Waals surface area contributed by atoms with Crippen molar-refractivity contribution < 1.29 is 9.42 Å². The lowest BCUT2D eigenvalue weighted by Gasteiger charge is -2.36. The predicted octanol–water partition coefficient (Wildman–Crippen LogP) is 2.87. The molecule has 0 aromatic heterocycles. The van der Waals surface area contributed by atoms with Crippen LogP contribution >= 0.6 is 7.34 Å². The topological polar surface area (TPSA) is 29.5 Å². The Balaban J connectivity index is 4.57. The van der Waals surface area contributed by atoms with Crippen LogP contribution in [0.15, 0.2) is 0 Å². The highest BCUT2D eigenvalue weighted by Crippen LogP contribution is 2.56. The second-order valence-corrected chi connectivity index (χ2v) is 8.00. The van der Waals surface area contributed by atoms with Crippen LogP contribution in [0.5, 0.6) is 0 Å². The number of rotatable bonds is 1. The molecule has 0 amide bonds. The molecule has 0 aromatic carbocycles. The van der Waals surface area contributed by atoms with E-state index in [1.54, 1.807) is 0 Å². The largest absolute Gasteiger partial charge is 0.353 e. The second-order valence-electron chi connectivity index (χ2n) is 5.08. The molecule has 1 N–H and O–H groups in total. The van der Waals surface area contributed by atoms with Gasteiger partial charge in [-0.1, -0.05) is 27.1 Å². The molecule has 0 rings (SSSR count). The van der Waals surface area contributed by atoms with Crippen LogP contribution < -0.4 is 0 Å². The zero-order chi connectivity index (χ0) is 10.2. The van der Waals surface area contributed by atoms with Crippen molar-refractivity contribution in [1.29, 1.82) is 0 Å². The van der Waals surface area contributed by atoms with Crippen LogP contribution in [0.3, 0.4) is 0 Å². The summed E-state index contributed by atoms with van der Waals surface area (Å²) in [5.74, 6) is 0. The number of hydrogen-bond acceptors (Lipinski definition) is 2. The standard InChI is InChI=1S/C9H21O2P/c1-8(2,3)11-12(7,10)9(4,5)6/h10H,7H2,1-6H3. The van der Waals surface area contributed by atoms with E-state index >= 15 is 0 Å². The van der Waals surface area contributed by atoms with E-state index in [1.807, 2.05) is 41.5 Å². The molecule has 1 atom stereocenters. The van der Waals surface area contributed by atoms with Gasteiger partial charge in [-0.3, -0.25) is 0 Å². The van der Waals surface area contributed by atoms with Crippen molar-refractivity contribution >= 4 is 13.6 Å². The molecule has 0 saturated carbocycles. The Morgan fingerprint density at radius 3 is 1.50 bits per heavy atom. The molecule has 0 spiro atoms. The van der Waals surface area contributed by atoms with Crippen LogP contribution in [0.1, 0.15) is 41.5 Å². The van der Waals surface area contributed by atoms with Crippen molar-refractivity contribution in [2.75, 3.05) is 0 Å². The molecule has 0 aliphatic rings. The van der Waals surface area contributed by atoms with Gasteiger partial charge in [0, 0.05) is 5.16 Å². The SMILES string of the molecule is C=P(O)(OC(C)(C)C)C(C)(C)C. The Morgan fingerprint density at radius 1 is 1.08 bits per heavy atom. The van der Waals surface area contributed by atoms with Gasteiger partial charge < -0.3 is 9.42 Å². The minimum atomic E-state index is -2.50. The first kappa shape index (κ1) is 12.2. The molecular formula is C9H21O2P. The van der Waals surface area contributed by atoms with Crippen molar-refractivity contribution in [2.45, 2.75) is 52.3 Å². The molecule has 0 aliphatic carbocycles. The van der Waals surface area contributed by atoms with Crippen LogP contribution in [-0.2, 0) is 4.52 Å². The maximum absolute atomic E-state index is 9.96. The minimum Gasteiger partial charge on any atom is -0.353 e. The normalized spacial score (nSPS) is 18.9. The van der Waals surface area contributed by atoms with Gasteiger partial charge in [0.25, 0.3) is 0 Å². The average molecular weight is 192 g/mol. The Kier molecular flexibility index (Phi) is 3.23. The van der Waals surface area contributed by atoms with E-state index in [4.69, 9.17) is 4.52 Å². The van der Waals surface area contributed by atoms with Crippen molar-refractivity contribution in [2.24, 2.45) is 0 Å². The molecule has 0 aromatic rings. The summed E-state index contributed by atoms with van der Waals surface area (Å²) >= 11 is 0. The summed E-state index contributed by atoms with van der Waals surface area (Å²) in [6.07, 6.45) is 3.77. The van der Waals surface area contributed by atoms with Crippen LogP contribution in [0.2, 0.25) is 0 Å². The summed E-state index contributed by atoms with van der Waals surface area (Å²) in [4.78, 5) is 9.96. The highest BCUT2D eigenvalue weighted by Gasteiger charge is 2.32. The Hall–Kier alpha value is 0.220. The van der Waals surface area contributed by atoms with Gasteiger partial charge in [0.2, 0.25) is 0 Å². The first-order valence-electron chi connectivity index (χ1n) is 4.13. The van der Waals surface area contributed by atoms with Crippen molar-refractivity contribution in [3.8, 4) is 0 Å².